The van der Waals surface area contributed by atoms with Gasteiger partial charge >= 0.3 is 0 Å². The highest BCUT2D eigenvalue weighted by Crippen LogP contribution is 2.36. The molecule has 9 heteroatoms. The molecule has 1 atom stereocenters. The third kappa shape index (κ3) is 7.80. The number of hydrogen-bond donors (Lipinski definition) is 1. The average molecular weight is 737 g/mol. The van der Waals surface area contributed by atoms with Gasteiger partial charge in [0.25, 0.3) is 11.8 Å². The molecule has 3 amide bonds. The number of fused-ring (bicyclic) bond motifs is 2. The standard InChI is InChI=1S/C46H52N6O3/c1-31-24-33-14-10-11-16-36(33)30-52(31)46(55)41-26-37-29-51(44(53)27-35-15-12-13-19-42(35)47-21-23-48(3)4)22-20-34(37)25-40(41)43-28-39(32(2)49(43)5)45(54)50(6)38-17-8-7-9-18-38/h7-19,25-26,28,31,47H,20-24,27,29-30H2,1-6H3/t31-/m1/s1. The van der Waals surface area contributed by atoms with Gasteiger partial charge in [0.2, 0.25) is 5.91 Å². The number of carbonyl (C=O) groups excluding carboxylic acids is 3. The van der Waals surface area contributed by atoms with E-state index in [1.807, 2.05) is 115 Å². The summed E-state index contributed by atoms with van der Waals surface area (Å²) in [5, 5.41) is 3.50. The molecular formula is C46H52N6O3. The molecule has 0 fully saturated rings. The van der Waals surface area contributed by atoms with Crippen molar-refractivity contribution in [1.29, 1.82) is 0 Å². The molecule has 3 heterocycles. The van der Waals surface area contributed by atoms with Crippen molar-refractivity contribution in [2.24, 2.45) is 7.05 Å². The lowest BCUT2D eigenvalue weighted by molar-refractivity contribution is -0.131. The second kappa shape index (κ2) is 16.0. The predicted molar refractivity (Wildman–Crippen MR) is 221 cm³/mol. The Morgan fingerprint density at radius 2 is 1.51 bits per heavy atom. The Bertz CT molecular complexity index is 2220. The number of amides is 3. The number of aromatic nitrogens is 1. The molecule has 5 aromatic rings. The fourth-order valence-electron chi connectivity index (χ4n) is 7.98. The van der Waals surface area contributed by atoms with Gasteiger partial charge < -0.3 is 29.5 Å². The molecule has 284 valence electrons. The maximum atomic E-state index is 14.9. The van der Waals surface area contributed by atoms with Gasteiger partial charge in [0.05, 0.1) is 12.0 Å². The summed E-state index contributed by atoms with van der Waals surface area (Å²) in [6, 6.07) is 32.1. The first kappa shape index (κ1) is 37.6. The first-order valence-electron chi connectivity index (χ1n) is 19.3. The van der Waals surface area contributed by atoms with Gasteiger partial charge in [-0.25, -0.2) is 0 Å². The van der Waals surface area contributed by atoms with Crippen LogP contribution in [-0.4, -0.2) is 83.8 Å². The van der Waals surface area contributed by atoms with E-state index in [9.17, 15) is 14.4 Å². The Balaban J connectivity index is 1.23. The smallest absolute Gasteiger partial charge is 0.259 e. The lowest BCUT2D eigenvalue weighted by Crippen LogP contribution is -2.43. The summed E-state index contributed by atoms with van der Waals surface area (Å²) in [6.45, 7) is 7.29. The molecule has 4 aromatic carbocycles. The van der Waals surface area contributed by atoms with Crippen LogP contribution in [0.2, 0.25) is 0 Å². The molecule has 0 saturated carbocycles. The summed E-state index contributed by atoms with van der Waals surface area (Å²) in [5.74, 6) is -0.0927. The first-order valence-corrected chi connectivity index (χ1v) is 19.3. The molecule has 0 radical (unpaired) electrons. The summed E-state index contributed by atoms with van der Waals surface area (Å²) >= 11 is 0. The lowest BCUT2D eigenvalue weighted by atomic mass is 9.89. The number of para-hydroxylation sites is 2. The van der Waals surface area contributed by atoms with Crippen LogP contribution >= 0.6 is 0 Å². The lowest BCUT2D eigenvalue weighted by Gasteiger charge is -2.36. The minimum absolute atomic E-state index is 0.00238. The Kier molecular flexibility index (Phi) is 10.9. The van der Waals surface area contributed by atoms with Crippen molar-refractivity contribution in [2.45, 2.75) is 52.2 Å². The average Bonchev–Trinajstić information content (AvgIpc) is 3.49. The first-order chi connectivity index (χ1) is 26.5. The third-order valence-electron chi connectivity index (χ3n) is 11.4. The van der Waals surface area contributed by atoms with E-state index in [1.54, 1.807) is 11.9 Å². The van der Waals surface area contributed by atoms with E-state index in [0.717, 1.165) is 70.1 Å². The zero-order chi connectivity index (χ0) is 38.8. The van der Waals surface area contributed by atoms with Gasteiger partial charge in [0.1, 0.15) is 0 Å². The van der Waals surface area contributed by atoms with E-state index in [1.165, 1.54) is 5.56 Å². The van der Waals surface area contributed by atoms with Crippen LogP contribution in [0.1, 0.15) is 61.2 Å². The van der Waals surface area contributed by atoms with Crippen LogP contribution < -0.4 is 10.2 Å². The van der Waals surface area contributed by atoms with Crippen molar-refractivity contribution in [3.05, 3.63) is 142 Å². The van der Waals surface area contributed by atoms with E-state index >= 15 is 0 Å². The molecule has 0 aliphatic carbocycles. The molecule has 1 N–H and O–H groups in total. The van der Waals surface area contributed by atoms with E-state index in [-0.39, 0.29) is 23.8 Å². The van der Waals surface area contributed by atoms with Crippen LogP contribution in [0.3, 0.4) is 0 Å². The third-order valence-corrected chi connectivity index (χ3v) is 11.4. The summed E-state index contributed by atoms with van der Waals surface area (Å²) in [5.41, 5.74) is 10.9. The summed E-state index contributed by atoms with van der Waals surface area (Å²) in [6.07, 6.45) is 1.75. The van der Waals surface area contributed by atoms with Crippen molar-refractivity contribution >= 4 is 29.1 Å². The molecule has 0 unspecified atom stereocenters. The van der Waals surface area contributed by atoms with Gasteiger partial charge in [0.15, 0.2) is 0 Å². The van der Waals surface area contributed by atoms with Gasteiger partial charge in [-0.2, -0.15) is 0 Å². The molecule has 2 aliphatic heterocycles. The molecule has 55 heavy (non-hydrogen) atoms. The topological polar surface area (TPSA) is 81.1 Å². The van der Waals surface area contributed by atoms with Gasteiger partial charge in [-0.05, 0) is 105 Å². The number of nitrogens with zero attached hydrogens (tertiary/aromatic N) is 5. The maximum Gasteiger partial charge on any atom is 0.259 e. The molecule has 0 bridgehead atoms. The van der Waals surface area contributed by atoms with E-state index in [2.05, 4.69) is 41.4 Å². The minimum Gasteiger partial charge on any atom is -0.384 e. The zero-order valence-electron chi connectivity index (χ0n) is 32.9. The number of nitrogens with one attached hydrogen (secondary N) is 1. The van der Waals surface area contributed by atoms with Crippen LogP contribution in [0, 0.1) is 6.92 Å². The van der Waals surface area contributed by atoms with E-state index in [4.69, 9.17) is 0 Å². The molecule has 0 spiro atoms. The van der Waals surface area contributed by atoms with Gasteiger partial charge in [-0.3, -0.25) is 14.4 Å². The SMILES string of the molecule is Cc1c(C(=O)N(C)c2ccccc2)cc(-c2cc3c(cc2C(=O)N2Cc4ccccc4C[C@H]2C)CN(C(=O)Cc2ccccc2NCCN(C)C)CC3)n1C. The molecule has 7 rings (SSSR count). The van der Waals surface area contributed by atoms with E-state index < -0.39 is 0 Å². The number of likely N-dealkylation sites (N-methyl/N-ethyl adjacent to an activating group) is 1. The van der Waals surface area contributed by atoms with Crippen LogP contribution in [0.4, 0.5) is 11.4 Å². The fourth-order valence-corrected chi connectivity index (χ4v) is 7.98. The van der Waals surface area contributed by atoms with E-state index in [0.29, 0.717) is 43.6 Å². The van der Waals surface area contributed by atoms with Crippen LogP contribution in [-0.2, 0) is 44.2 Å². The number of rotatable bonds is 10. The van der Waals surface area contributed by atoms with Crippen LogP contribution in [0.15, 0.2) is 97.1 Å². The highest BCUT2D eigenvalue weighted by Gasteiger charge is 2.32. The zero-order valence-corrected chi connectivity index (χ0v) is 32.9. The predicted octanol–water partition coefficient (Wildman–Crippen LogP) is 6.97. The van der Waals surface area contributed by atoms with Crippen molar-refractivity contribution in [3.63, 3.8) is 0 Å². The molecular weight excluding hydrogens is 685 g/mol. The minimum atomic E-state index is -0.110. The van der Waals surface area contributed by atoms with Crippen molar-refractivity contribution in [2.75, 3.05) is 51.0 Å². The Labute approximate surface area is 325 Å². The highest BCUT2D eigenvalue weighted by atomic mass is 16.2. The number of carbonyl (C=O) groups is 3. The fraction of sp³-hybridized carbons (Fsp3) is 0.326. The Morgan fingerprint density at radius 1 is 0.800 bits per heavy atom. The second-order valence-corrected chi connectivity index (χ2v) is 15.3. The number of hydrogen-bond acceptors (Lipinski definition) is 5. The van der Waals surface area contributed by atoms with Gasteiger partial charge in [-0.1, -0.05) is 60.7 Å². The highest BCUT2D eigenvalue weighted by molar-refractivity contribution is 6.08. The second-order valence-electron chi connectivity index (χ2n) is 15.3. The van der Waals surface area contributed by atoms with Crippen molar-refractivity contribution in [1.82, 2.24) is 19.3 Å². The van der Waals surface area contributed by atoms with Gasteiger partial charge in [0, 0.05) is 86.8 Å². The molecule has 9 nitrogen and oxygen atoms in total. The number of benzene rings is 4. The van der Waals surface area contributed by atoms with Crippen molar-refractivity contribution in [3.8, 4) is 11.3 Å². The summed E-state index contributed by atoms with van der Waals surface area (Å²) < 4.78 is 2.03. The Hall–Kier alpha value is -5.67. The molecule has 1 aromatic heterocycles. The maximum absolute atomic E-state index is 14.9. The van der Waals surface area contributed by atoms with Gasteiger partial charge in [-0.15, -0.1) is 0 Å². The van der Waals surface area contributed by atoms with Crippen LogP contribution in [0.5, 0.6) is 0 Å². The summed E-state index contributed by atoms with van der Waals surface area (Å²) in [4.78, 5) is 50.5. The molecule has 0 saturated heterocycles. The quantitative estimate of drug-likeness (QED) is 0.168. The Morgan fingerprint density at radius 3 is 2.27 bits per heavy atom. The molecule has 2 aliphatic rings. The largest absolute Gasteiger partial charge is 0.384 e. The van der Waals surface area contributed by atoms with Crippen molar-refractivity contribution < 1.29 is 14.4 Å². The normalized spacial score (nSPS) is 15.1. The van der Waals surface area contributed by atoms with Crippen LogP contribution in [0.25, 0.3) is 11.3 Å². The summed E-state index contributed by atoms with van der Waals surface area (Å²) in [7, 11) is 7.85. The number of anilines is 2. The monoisotopic (exact) mass is 736 g/mol.